The Labute approximate surface area is 152 Å². The van der Waals surface area contributed by atoms with Crippen molar-refractivity contribution in [2.75, 3.05) is 7.11 Å². The number of rotatable bonds is 5. The van der Waals surface area contributed by atoms with Crippen LogP contribution in [-0.4, -0.2) is 36.1 Å². The van der Waals surface area contributed by atoms with Crippen molar-refractivity contribution in [2.45, 2.75) is 12.5 Å². The predicted octanol–water partition coefficient (Wildman–Crippen LogP) is 2.76. The second-order valence-electron chi connectivity index (χ2n) is 5.40. The van der Waals surface area contributed by atoms with Crippen molar-refractivity contribution in [3.05, 3.63) is 69.7 Å². The second-order valence-corrected chi connectivity index (χ2v) is 6.31. The molecule has 25 heavy (non-hydrogen) atoms. The first-order valence-corrected chi connectivity index (χ1v) is 8.27. The molecule has 6 nitrogen and oxygen atoms in total. The van der Waals surface area contributed by atoms with Gasteiger partial charge < -0.3 is 4.74 Å². The van der Waals surface area contributed by atoms with Crippen LogP contribution in [0.2, 0.25) is 0 Å². The topological polar surface area (TPSA) is 72.9 Å². The zero-order chi connectivity index (χ0) is 18.0. The number of amides is 2. The number of ether oxygens (including phenoxy) is 1. The summed E-state index contributed by atoms with van der Waals surface area (Å²) in [5.74, 6) is -1.85. The van der Waals surface area contributed by atoms with E-state index in [2.05, 4.69) is 15.9 Å². The molecule has 1 aliphatic rings. The Bertz CT molecular complexity index is 799. The first kappa shape index (κ1) is 17.3. The molecule has 0 fully saturated rings. The molecule has 0 spiro atoms. The van der Waals surface area contributed by atoms with Gasteiger partial charge in [-0.25, -0.2) is 9.63 Å². The highest BCUT2D eigenvalue weighted by Crippen LogP contribution is 2.24. The third-order valence-electron chi connectivity index (χ3n) is 3.79. The Morgan fingerprint density at radius 3 is 2.12 bits per heavy atom. The fraction of sp³-hybridized carbons (Fsp3) is 0.167. The Balaban J connectivity index is 1.82. The van der Waals surface area contributed by atoms with Crippen LogP contribution in [0.4, 0.5) is 0 Å². The van der Waals surface area contributed by atoms with E-state index in [4.69, 9.17) is 9.57 Å². The van der Waals surface area contributed by atoms with Gasteiger partial charge in [-0.05, 0) is 29.8 Å². The largest absolute Gasteiger partial charge is 0.467 e. The smallest absolute Gasteiger partial charge is 0.338 e. The maximum atomic E-state index is 12.4. The van der Waals surface area contributed by atoms with Crippen molar-refractivity contribution in [2.24, 2.45) is 0 Å². The maximum Gasteiger partial charge on any atom is 0.338 e. The molecule has 0 saturated carbocycles. The molecule has 0 N–H and O–H groups in total. The van der Waals surface area contributed by atoms with E-state index in [1.165, 1.54) is 7.11 Å². The van der Waals surface area contributed by atoms with Gasteiger partial charge in [0.1, 0.15) is 0 Å². The Kier molecular flexibility index (Phi) is 4.96. The first-order valence-electron chi connectivity index (χ1n) is 7.48. The van der Waals surface area contributed by atoms with E-state index in [0.29, 0.717) is 5.06 Å². The van der Waals surface area contributed by atoms with Gasteiger partial charge >= 0.3 is 5.97 Å². The molecule has 128 valence electrons. The second kappa shape index (κ2) is 7.16. The van der Waals surface area contributed by atoms with Crippen molar-refractivity contribution in [1.29, 1.82) is 0 Å². The van der Waals surface area contributed by atoms with E-state index in [-0.39, 0.29) is 17.5 Å². The molecule has 1 heterocycles. The van der Waals surface area contributed by atoms with Gasteiger partial charge in [0.15, 0.2) is 6.10 Å². The molecule has 0 aromatic heterocycles. The zero-order valence-corrected chi connectivity index (χ0v) is 14.9. The van der Waals surface area contributed by atoms with Crippen LogP contribution >= 0.6 is 15.9 Å². The van der Waals surface area contributed by atoms with Gasteiger partial charge in [0.05, 0.1) is 18.2 Å². The van der Waals surface area contributed by atoms with Crippen LogP contribution in [0.3, 0.4) is 0 Å². The number of imide groups is 1. The van der Waals surface area contributed by atoms with Crippen molar-refractivity contribution in [3.63, 3.8) is 0 Å². The fourth-order valence-corrected chi connectivity index (χ4v) is 2.78. The molecular weight excluding hydrogens is 390 g/mol. The molecule has 1 unspecified atom stereocenters. The molecule has 1 aliphatic heterocycles. The van der Waals surface area contributed by atoms with E-state index in [1.807, 2.05) is 24.3 Å². The maximum absolute atomic E-state index is 12.4. The summed E-state index contributed by atoms with van der Waals surface area (Å²) in [6.07, 6.45) is -0.957. The lowest BCUT2D eigenvalue weighted by Crippen LogP contribution is -2.39. The number of carbonyl (C=O) groups is 3. The SMILES string of the molecule is COC(=O)C(Cc1ccc(Br)cc1)ON1C(=O)c2ccccc2C1=O. The van der Waals surface area contributed by atoms with Crippen LogP contribution in [0.15, 0.2) is 53.0 Å². The average molecular weight is 404 g/mol. The average Bonchev–Trinajstić information content (AvgIpc) is 2.87. The van der Waals surface area contributed by atoms with Gasteiger partial charge in [-0.2, -0.15) is 0 Å². The first-order chi connectivity index (χ1) is 12.0. The molecular formula is C18H14BrNO5. The quantitative estimate of drug-likeness (QED) is 0.566. The monoisotopic (exact) mass is 403 g/mol. The molecule has 0 bridgehead atoms. The summed E-state index contributed by atoms with van der Waals surface area (Å²) in [6, 6.07) is 13.7. The van der Waals surface area contributed by atoms with Crippen LogP contribution in [0.5, 0.6) is 0 Å². The summed E-state index contributed by atoms with van der Waals surface area (Å²) in [5.41, 5.74) is 1.30. The number of carbonyl (C=O) groups excluding carboxylic acids is 3. The van der Waals surface area contributed by atoms with Gasteiger partial charge in [0.25, 0.3) is 11.8 Å². The van der Waals surface area contributed by atoms with Gasteiger partial charge in [-0.1, -0.05) is 40.2 Å². The van der Waals surface area contributed by atoms with E-state index in [9.17, 15) is 14.4 Å². The minimum absolute atomic E-state index is 0.160. The van der Waals surface area contributed by atoms with Gasteiger partial charge in [-0.15, -0.1) is 5.06 Å². The van der Waals surface area contributed by atoms with Crippen molar-refractivity contribution in [3.8, 4) is 0 Å². The van der Waals surface area contributed by atoms with Gasteiger partial charge in [0.2, 0.25) is 0 Å². The minimum Gasteiger partial charge on any atom is -0.467 e. The molecule has 2 amide bonds. The predicted molar refractivity (Wildman–Crippen MR) is 91.7 cm³/mol. The highest BCUT2D eigenvalue weighted by Gasteiger charge is 2.39. The third kappa shape index (κ3) is 3.47. The minimum atomic E-state index is -1.12. The number of hydroxylamine groups is 2. The standard InChI is InChI=1S/C18H14BrNO5/c1-24-18(23)15(10-11-6-8-12(19)9-7-11)25-20-16(21)13-4-2-3-5-14(13)17(20)22/h2-9,15H,10H2,1H3. The summed E-state index contributed by atoms with van der Waals surface area (Å²) >= 11 is 3.34. The van der Waals surface area contributed by atoms with E-state index >= 15 is 0 Å². The van der Waals surface area contributed by atoms with Crippen LogP contribution in [0.25, 0.3) is 0 Å². The van der Waals surface area contributed by atoms with Gasteiger partial charge in [-0.3, -0.25) is 9.59 Å². The number of esters is 1. The summed E-state index contributed by atoms with van der Waals surface area (Å²) < 4.78 is 5.64. The third-order valence-corrected chi connectivity index (χ3v) is 4.32. The Morgan fingerprint density at radius 2 is 1.60 bits per heavy atom. The van der Waals surface area contributed by atoms with E-state index in [1.54, 1.807) is 24.3 Å². The van der Waals surface area contributed by atoms with Crippen molar-refractivity contribution in [1.82, 2.24) is 5.06 Å². The highest BCUT2D eigenvalue weighted by molar-refractivity contribution is 9.10. The number of fused-ring (bicyclic) bond motifs is 1. The number of hydrogen-bond donors (Lipinski definition) is 0. The number of methoxy groups -OCH3 is 1. The molecule has 2 aromatic carbocycles. The van der Waals surface area contributed by atoms with E-state index in [0.717, 1.165) is 10.0 Å². The Morgan fingerprint density at radius 1 is 1.04 bits per heavy atom. The summed E-state index contributed by atoms with van der Waals surface area (Å²) in [4.78, 5) is 42.2. The van der Waals surface area contributed by atoms with Crippen LogP contribution in [-0.2, 0) is 20.8 Å². The van der Waals surface area contributed by atoms with Crippen molar-refractivity contribution >= 4 is 33.7 Å². The Hall–Kier alpha value is -2.51. The normalized spacial score (nSPS) is 14.4. The number of hydrogen-bond acceptors (Lipinski definition) is 5. The molecule has 0 aliphatic carbocycles. The molecule has 3 rings (SSSR count). The van der Waals surface area contributed by atoms with Crippen LogP contribution < -0.4 is 0 Å². The molecule has 7 heteroatoms. The van der Waals surface area contributed by atoms with Gasteiger partial charge in [0, 0.05) is 10.9 Å². The number of benzene rings is 2. The number of nitrogens with zero attached hydrogens (tertiary/aromatic N) is 1. The molecule has 2 aromatic rings. The van der Waals surface area contributed by atoms with E-state index < -0.39 is 23.9 Å². The fourth-order valence-electron chi connectivity index (χ4n) is 2.52. The van der Waals surface area contributed by atoms with Crippen molar-refractivity contribution < 1.29 is 24.0 Å². The zero-order valence-electron chi connectivity index (χ0n) is 13.3. The lowest BCUT2D eigenvalue weighted by Gasteiger charge is -2.20. The van der Waals surface area contributed by atoms with Crippen LogP contribution in [0, 0.1) is 0 Å². The number of halogens is 1. The highest BCUT2D eigenvalue weighted by atomic mass is 79.9. The summed E-state index contributed by atoms with van der Waals surface area (Å²) in [6.45, 7) is 0. The van der Waals surface area contributed by atoms with Crippen LogP contribution in [0.1, 0.15) is 26.3 Å². The lowest BCUT2D eigenvalue weighted by molar-refractivity contribution is -0.177. The summed E-state index contributed by atoms with van der Waals surface area (Å²) in [5, 5.41) is 0.630. The molecule has 0 saturated heterocycles. The molecule has 1 atom stereocenters. The lowest BCUT2D eigenvalue weighted by atomic mass is 10.1. The molecule has 0 radical (unpaired) electrons. The summed E-state index contributed by atoms with van der Waals surface area (Å²) in [7, 11) is 1.22.